The topological polar surface area (TPSA) is 33.0 Å². The molecule has 12 heavy (non-hydrogen) atoms. The van der Waals surface area contributed by atoms with Crippen LogP contribution in [0.15, 0.2) is 0 Å². The number of alkyl halides is 1. The molecule has 0 radical (unpaired) electrons. The van der Waals surface area contributed by atoms with E-state index in [0.717, 1.165) is 19.4 Å². The maximum absolute atomic E-state index is 11.9. The van der Waals surface area contributed by atoms with Gasteiger partial charge in [-0.1, -0.05) is 0 Å². The van der Waals surface area contributed by atoms with Gasteiger partial charge in [0.05, 0.1) is 24.8 Å². The molecule has 0 aliphatic carbocycles. The molecule has 1 saturated heterocycles. The first-order valence-corrected chi connectivity index (χ1v) is 4.38. The first kappa shape index (κ1) is 9.47. The Bertz CT molecular complexity index is 170. The predicted octanol–water partition coefficient (Wildman–Crippen LogP) is 2.06. The van der Waals surface area contributed by atoms with Crippen LogP contribution in [0.2, 0.25) is 0 Å². The zero-order chi connectivity index (χ0) is 8.86. The molecule has 0 amide bonds. The fourth-order valence-electron chi connectivity index (χ4n) is 1.60. The number of nitrogens with zero attached hydrogens (tertiary/aromatic N) is 1. The van der Waals surface area contributed by atoms with Gasteiger partial charge in [-0.25, -0.2) is 0 Å². The van der Waals surface area contributed by atoms with Crippen LogP contribution in [0.5, 0.6) is 0 Å². The van der Waals surface area contributed by atoms with E-state index in [2.05, 4.69) is 6.07 Å². The number of hydrogen-bond acceptors (Lipinski definition) is 2. The van der Waals surface area contributed by atoms with E-state index in [1.54, 1.807) is 0 Å². The van der Waals surface area contributed by atoms with E-state index in [1.165, 1.54) is 0 Å². The number of nitriles is 1. The maximum atomic E-state index is 11.9. The Morgan fingerprint density at radius 2 is 2.42 bits per heavy atom. The van der Waals surface area contributed by atoms with Crippen LogP contribution in [0, 0.1) is 16.7 Å². The molecule has 2 nitrogen and oxygen atoms in total. The highest BCUT2D eigenvalue weighted by molar-refractivity contribution is 5.00. The summed E-state index contributed by atoms with van der Waals surface area (Å²) >= 11 is 0. The molecule has 0 bridgehead atoms. The molecule has 1 aliphatic heterocycles. The molecular weight excluding hydrogens is 157 g/mol. The average molecular weight is 171 g/mol. The summed E-state index contributed by atoms with van der Waals surface area (Å²) in [5, 5.41) is 8.92. The van der Waals surface area contributed by atoms with Gasteiger partial charge in [-0.3, -0.25) is 4.39 Å². The summed E-state index contributed by atoms with van der Waals surface area (Å²) < 4.78 is 17.1. The normalized spacial score (nSPS) is 29.7. The summed E-state index contributed by atoms with van der Waals surface area (Å²) in [7, 11) is 0. The molecule has 0 aromatic rings. The van der Waals surface area contributed by atoms with Crippen molar-refractivity contribution < 1.29 is 9.13 Å². The predicted molar refractivity (Wildman–Crippen MR) is 43.3 cm³/mol. The zero-order valence-corrected chi connectivity index (χ0v) is 7.18. The molecule has 1 rings (SSSR count). The first-order chi connectivity index (χ1) is 5.83. The Balaban J connectivity index is 2.44. The Hall–Kier alpha value is -0.620. The lowest BCUT2D eigenvalue weighted by Gasteiger charge is -2.30. The summed E-state index contributed by atoms with van der Waals surface area (Å²) in [5.41, 5.74) is -0.385. The molecule has 1 unspecified atom stereocenters. The second-order valence-corrected chi connectivity index (χ2v) is 3.34. The molecule has 3 heteroatoms. The van der Waals surface area contributed by atoms with E-state index >= 15 is 0 Å². The summed E-state index contributed by atoms with van der Waals surface area (Å²) in [5.74, 6) is 0. The van der Waals surface area contributed by atoms with E-state index < -0.39 is 0 Å². The third-order valence-corrected chi connectivity index (χ3v) is 2.35. The van der Waals surface area contributed by atoms with Crippen molar-refractivity contribution in [1.29, 1.82) is 5.26 Å². The summed E-state index contributed by atoms with van der Waals surface area (Å²) in [6, 6.07) is 2.26. The van der Waals surface area contributed by atoms with E-state index in [-0.39, 0.29) is 12.1 Å². The third-order valence-electron chi connectivity index (χ3n) is 2.35. The van der Waals surface area contributed by atoms with Gasteiger partial charge in [0.15, 0.2) is 0 Å². The minimum Gasteiger partial charge on any atom is -0.380 e. The van der Waals surface area contributed by atoms with Gasteiger partial charge in [0.2, 0.25) is 0 Å². The SMILES string of the molecule is N#CC1(CCCF)CCCOC1. The summed E-state index contributed by atoms with van der Waals surface area (Å²) in [4.78, 5) is 0. The van der Waals surface area contributed by atoms with Gasteiger partial charge in [0, 0.05) is 6.61 Å². The lowest BCUT2D eigenvalue weighted by molar-refractivity contribution is 0.0165. The molecule has 0 N–H and O–H groups in total. The van der Waals surface area contributed by atoms with Gasteiger partial charge in [-0.15, -0.1) is 0 Å². The van der Waals surface area contributed by atoms with Crippen LogP contribution in [0.1, 0.15) is 25.7 Å². The van der Waals surface area contributed by atoms with Crippen LogP contribution in [0.4, 0.5) is 4.39 Å². The molecule has 0 aromatic heterocycles. The molecule has 68 valence electrons. The lowest BCUT2D eigenvalue weighted by Crippen LogP contribution is -2.30. The monoisotopic (exact) mass is 171 g/mol. The van der Waals surface area contributed by atoms with Crippen LogP contribution < -0.4 is 0 Å². The molecule has 0 saturated carbocycles. The van der Waals surface area contributed by atoms with Gasteiger partial charge < -0.3 is 4.74 Å². The quantitative estimate of drug-likeness (QED) is 0.651. The second kappa shape index (κ2) is 4.42. The fraction of sp³-hybridized carbons (Fsp3) is 0.889. The van der Waals surface area contributed by atoms with Gasteiger partial charge in [-0.2, -0.15) is 5.26 Å². The lowest BCUT2D eigenvalue weighted by atomic mass is 9.80. The van der Waals surface area contributed by atoms with Gasteiger partial charge in [0.25, 0.3) is 0 Å². The van der Waals surface area contributed by atoms with Crippen molar-refractivity contribution >= 4 is 0 Å². The molecule has 1 fully saturated rings. The molecule has 1 atom stereocenters. The van der Waals surface area contributed by atoms with E-state index in [9.17, 15) is 4.39 Å². The van der Waals surface area contributed by atoms with Crippen molar-refractivity contribution in [2.75, 3.05) is 19.9 Å². The van der Waals surface area contributed by atoms with Crippen molar-refractivity contribution in [3.63, 3.8) is 0 Å². The first-order valence-electron chi connectivity index (χ1n) is 4.38. The van der Waals surface area contributed by atoms with Crippen LogP contribution >= 0.6 is 0 Å². The standard InChI is InChI=1S/C9H14FNO/c10-5-1-3-9(7-11)4-2-6-12-8-9/h1-6,8H2. The fourth-order valence-corrected chi connectivity index (χ4v) is 1.60. The van der Waals surface area contributed by atoms with Gasteiger partial charge >= 0.3 is 0 Å². The highest BCUT2D eigenvalue weighted by atomic mass is 19.1. The van der Waals surface area contributed by atoms with Crippen molar-refractivity contribution in [2.45, 2.75) is 25.7 Å². The largest absolute Gasteiger partial charge is 0.380 e. The third kappa shape index (κ3) is 2.18. The Morgan fingerprint density at radius 3 is 2.92 bits per heavy atom. The summed E-state index contributed by atoms with van der Waals surface area (Å²) in [6.07, 6.45) is 2.92. The molecule has 1 heterocycles. The number of hydrogen-bond donors (Lipinski definition) is 0. The van der Waals surface area contributed by atoms with Crippen molar-refractivity contribution in [3.05, 3.63) is 0 Å². The average Bonchev–Trinajstić information content (AvgIpc) is 2.16. The molecule has 0 spiro atoms. The van der Waals surface area contributed by atoms with Gasteiger partial charge in [-0.05, 0) is 25.7 Å². The van der Waals surface area contributed by atoms with Crippen LogP contribution in [-0.4, -0.2) is 19.9 Å². The second-order valence-electron chi connectivity index (χ2n) is 3.34. The zero-order valence-electron chi connectivity index (χ0n) is 7.18. The minimum atomic E-state index is -0.385. The number of halogens is 1. The maximum Gasteiger partial charge on any atom is 0.0895 e. The van der Waals surface area contributed by atoms with Crippen molar-refractivity contribution in [1.82, 2.24) is 0 Å². The van der Waals surface area contributed by atoms with E-state index in [1.807, 2.05) is 0 Å². The van der Waals surface area contributed by atoms with E-state index in [4.69, 9.17) is 10.00 Å². The Kier molecular flexibility index (Phi) is 3.48. The minimum absolute atomic E-state index is 0.330. The van der Waals surface area contributed by atoms with Gasteiger partial charge in [0.1, 0.15) is 0 Å². The van der Waals surface area contributed by atoms with Crippen LogP contribution in [0.25, 0.3) is 0 Å². The van der Waals surface area contributed by atoms with Crippen LogP contribution in [0.3, 0.4) is 0 Å². The summed E-state index contributed by atoms with van der Waals surface area (Å²) in [6.45, 7) is 0.909. The molecule has 1 aliphatic rings. The number of ether oxygens (including phenoxy) is 1. The highest BCUT2D eigenvalue weighted by Gasteiger charge is 2.32. The highest BCUT2D eigenvalue weighted by Crippen LogP contribution is 2.32. The van der Waals surface area contributed by atoms with Crippen LogP contribution in [-0.2, 0) is 4.74 Å². The van der Waals surface area contributed by atoms with E-state index in [0.29, 0.717) is 19.4 Å². The Labute approximate surface area is 72.3 Å². The number of rotatable bonds is 3. The molecular formula is C9H14FNO. The molecule has 0 aromatic carbocycles. The van der Waals surface area contributed by atoms with Crippen molar-refractivity contribution in [3.8, 4) is 6.07 Å². The smallest absolute Gasteiger partial charge is 0.0895 e. The van der Waals surface area contributed by atoms with Crippen molar-refractivity contribution in [2.24, 2.45) is 5.41 Å². The Morgan fingerprint density at radius 1 is 1.58 bits per heavy atom.